The fourth-order valence-electron chi connectivity index (χ4n) is 1.69. The van der Waals surface area contributed by atoms with E-state index < -0.39 is 0 Å². The Labute approximate surface area is 80.1 Å². The molecule has 11 heavy (non-hydrogen) atoms. The van der Waals surface area contributed by atoms with Crippen LogP contribution in [0, 0.1) is 3.57 Å². The molecule has 0 aromatic heterocycles. The highest BCUT2D eigenvalue weighted by atomic mass is 127. The summed E-state index contributed by atoms with van der Waals surface area (Å²) in [4.78, 5) is 0. The van der Waals surface area contributed by atoms with Crippen LogP contribution in [0.2, 0.25) is 0 Å². The minimum absolute atomic E-state index is 0.984. The van der Waals surface area contributed by atoms with Gasteiger partial charge in [-0.2, -0.15) is 0 Å². The van der Waals surface area contributed by atoms with Crippen molar-refractivity contribution in [3.05, 3.63) is 26.8 Å². The predicted molar refractivity (Wildman–Crippen MR) is 55.6 cm³/mol. The Balaban J connectivity index is 2.64. The molecular formula is C9H10IN. The highest BCUT2D eigenvalue weighted by Crippen LogP contribution is 2.30. The molecule has 0 bridgehead atoms. The maximum Gasteiger partial charge on any atom is 0.0350 e. The monoisotopic (exact) mass is 259 g/mol. The number of hydrogen-bond donors (Lipinski definition) is 1. The van der Waals surface area contributed by atoms with Crippen LogP contribution < -0.4 is 5.73 Å². The van der Waals surface area contributed by atoms with Crippen molar-refractivity contribution in [3.8, 4) is 0 Å². The van der Waals surface area contributed by atoms with Crippen molar-refractivity contribution in [1.82, 2.24) is 0 Å². The zero-order valence-electron chi connectivity index (χ0n) is 6.23. The van der Waals surface area contributed by atoms with Crippen molar-refractivity contribution >= 4 is 28.3 Å². The highest BCUT2D eigenvalue weighted by molar-refractivity contribution is 14.1. The fraction of sp³-hybridized carbons (Fsp3) is 0.333. The van der Waals surface area contributed by atoms with E-state index in [1.807, 2.05) is 6.07 Å². The summed E-state index contributed by atoms with van der Waals surface area (Å²) >= 11 is 2.39. The Morgan fingerprint density at radius 1 is 1.18 bits per heavy atom. The Bertz CT molecular complexity index is 265. The topological polar surface area (TPSA) is 26.0 Å². The molecule has 1 aromatic rings. The SMILES string of the molecule is Nc1ccc(I)c2c1CCC2. The second-order valence-electron chi connectivity index (χ2n) is 2.95. The molecule has 0 unspecified atom stereocenters. The first-order valence-corrected chi connectivity index (χ1v) is 4.92. The van der Waals surface area contributed by atoms with Gasteiger partial charge in [-0.1, -0.05) is 0 Å². The smallest absolute Gasteiger partial charge is 0.0350 e. The van der Waals surface area contributed by atoms with E-state index in [2.05, 4.69) is 28.7 Å². The lowest BCUT2D eigenvalue weighted by atomic mass is 10.1. The molecule has 1 aliphatic rings. The molecule has 1 aromatic carbocycles. The van der Waals surface area contributed by atoms with Crippen LogP contribution >= 0.6 is 22.6 Å². The fourth-order valence-corrected chi connectivity index (χ4v) is 2.46. The molecule has 0 saturated carbocycles. The molecule has 0 atom stereocenters. The molecule has 58 valence electrons. The van der Waals surface area contributed by atoms with Gasteiger partial charge in [-0.25, -0.2) is 0 Å². The summed E-state index contributed by atoms with van der Waals surface area (Å²) in [6, 6.07) is 4.13. The van der Waals surface area contributed by atoms with Crippen molar-refractivity contribution in [2.75, 3.05) is 5.73 Å². The first-order valence-electron chi connectivity index (χ1n) is 3.85. The summed E-state index contributed by atoms with van der Waals surface area (Å²) in [6.07, 6.45) is 3.68. The predicted octanol–water partition coefficient (Wildman–Crippen LogP) is 2.36. The maximum absolute atomic E-state index is 5.84. The van der Waals surface area contributed by atoms with Gasteiger partial charge in [-0.3, -0.25) is 0 Å². The van der Waals surface area contributed by atoms with Crippen molar-refractivity contribution in [3.63, 3.8) is 0 Å². The van der Waals surface area contributed by atoms with Gasteiger partial charge in [0, 0.05) is 9.26 Å². The number of halogens is 1. The van der Waals surface area contributed by atoms with Gasteiger partial charge in [0.05, 0.1) is 0 Å². The summed E-state index contributed by atoms with van der Waals surface area (Å²) in [6.45, 7) is 0. The first kappa shape index (κ1) is 7.40. The normalized spacial score (nSPS) is 15.0. The van der Waals surface area contributed by atoms with E-state index in [9.17, 15) is 0 Å². The van der Waals surface area contributed by atoms with E-state index in [1.54, 1.807) is 0 Å². The molecule has 2 heteroatoms. The lowest BCUT2D eigenvalue weighted by molar-refractivity contribution is 0.911. The van der Waals surface area contributed by atoms with E-state index in [0.29, 0.717) is 0 Å². The molecular weight excluding hydrogens is 249 g/mol. The van der Waals surface area contributed by atoms with Crippen LogP contribution in [-0.2, 0) is 12.8 Å². The molecule has 2 N–H and O–H groups in total. The zero-order chi connectivity index (χ0) is 7.84. The first-order chi connectivity index (χ1) is 5.29. The zero-order valence-corrected chi connectivity index (χ0v) is 8.39. The molecule has 0 spiro atoms. The number of anilines is 1. The van der Waals surface area contributed by atoms with Gasteiger partial charge in [0.25, 0.3) is 0 Å². The third-order valence-electron chi connectivity index (χ3n) is 2.26. The lowest BCUT2D eigenvalue weighted by Crippen LogP contribution is -1.94. The summed E-state index contributed by atoms with van der Waals surface area (Å²) in [5.74, 6) is 0. The Kier molecular flexibility index (Phi) is 1.79. The summed E-state index contributed by atoms with van der Waals surface area (Å²) in [5, 5.41) is 0. The van der Waals surface area contributed by atoms with Crippen LogP contribution in [-0.4, -0.2) is 0 Å². The van der Waals surface area contributed by atoms with Crippen molar-refractivity contribution < 1.29 is 0 Å². The quantitative estimate of drug-likeness (QED) is 0.561. The number of rotatable bonds is 0. The Morgan fingerprint density at radius 2 is 1.91 bits per heavy atom. The highest BCUT2D eigenvalue weighted by Gasteiger charge is 2.15. The largest absolute Gasteiger partial charge is 0.398 e. The number of benzene rings is 1. The van der Waals surface area contributed by atoms with Crippen LogP contribution in [0.4, 0.5) is 5.69 Å². The Hall–Kier alpha value is -0.250. The van der Waals surface area contributed by atoms with Gasteiger partial charge >= 0.3 is 0 Å². The van der Waals surface area contributed by atoms with E-state index in [4.69, 9.17) is 5.73 Å². The van der Waals surface area contributed by atoms with Crippen molar-refractivity contribution in [2.24, 2.45) is 0 Å². The summed E-state index contributed by atoms with van der Waals surface area (Å²) in [5.41, 5.74) is 9.71. The minimum Gasteiger partial charge on any atom is -0.398 e. The number of nitrogen functional groups attached to an aromatic ring is 1. The second kappa shape index (κ2) is 2.66. The van der Waals surface area contributed by atoms with E-state index in [-0.39, 0.29) is 0 Å². The number of hydrogen-bond acceptors (Lipinski definition) is 1. The van der Waals surface area contributed by atoms with Crippen LogP contribution in [0.15, 0.2) is 12.1 Å². The van der Waals surface area contributed by atoms with Crippen molar-refractivity contribution in [2.45, 2.75) is 19.3 Å². The number of nitrogens with two attached hydrogens (primary N) is 1. The van der Waals surface area contributed by atoms with Gasteiger partial charge < -0.3 is 5.73 Å². The van der Waals surface area contributed by atoms with Gasteiger partial charge in [0.1, 0.15) is 0 Å². The van der Waals surface area contributed by atoms with Crippen LogP contribution in [0.1, 0.15) is 17.5 Å². The van der Waals surface area contributed by atoms with Crippen LogP contribution in [0.25, 0.3) is 0 Å². The molecule has 1 nitrogen and oxygen atoms in total. The van der Waals surface area contributed by atoms with Gasteiger partial charge in [0.15, 0.2) is 0 Å². The average Bonchev–Trinajstić information content (AvgIpc) is 2.45. The standard InChI is InChI=1S/C9H10IN/c10-8-4-5-9(11)7-3-1-2-6(7)8/h4-5H,1-3,11H2. The van der Waals surface area contributed by atoms with Crippen molar-refractivity contribution in [1.29, 1.82) is 0 Å². The van der Waals surface area contributed by atoms with Crippen LogP contribution in [0.5, 0.6) is 0 Å². The molecule has 0 saturated heterocycles. The lowest BCUT2D eigenvalue weighted by Gasteiger charge is -2.04. The third kappa shape index (κ3) is 1.13. The summed E-state index contributed by atoms with van der Waals surface area (Å²) in [7, 11) is 0. The molecule has 0 amide bonds. The molecule has 0 radical (unpaired) electrons. The minimum atomic E-state index is 0.984. The Morgan fingerprint density at radius 3 is 2.64 bits per heavy atom. The summed E-state index contributed by atoms with van der Waals surface area (Å²) < 4.78 is 1.38. The molecule has 2 rings (SSSR count). The van der Waals surface area contributed by atoms with E-state index in [1.165, 1.54) is 34.0 Å². The molecule has 0 heterocycles. The molecule has 0 aliphatic heterocycles. The maximum atomic E-state index is 5.84. The average molecular weight is 259 g/mol. The third-order valence-corrected chi connectivity index (χ3v) is 3.27. The second-order valence-corrected chi connectivity index (χ2v) is 4.11. The molecule has 1 aliphatic carbocycles. The van der Waals surface area contributed by atoms with E-state index >= 15 is 0 Å². The van der Waals surface area contributed by atoms with E-state index in [0.717, 1.165) is 5.69 Å². The van der Waals surface area contributed by atoms with Gasteiger partial charge in [-0.15, -0.1) is 0 Å². The van der Waals surface area contributed by atoms with Gasteiger partial charge in [-0.05, 0) is 65.1 Å². The van der Waals surface area contributed by atoms with Gasteiger partial charge in [0.2, 0.25) is 0 Å². The number of fused-ring (bicyclic) bond motifs is 1. The van der Waals surface area contributed by atoms with Crippen LogP contribution in [0.3, 0.4) is 0 Å². The molecule has 0 fully saturated rings.